The first-order chi connectivity index (χ1) is 17.4. The second-order valence-electron chi connectivity index (χ2n) is 8.30. The molecule has 3 aromatic rings. The van der Waals surface area contributed by atoms with Crippen LogP contribution in [-0.4, -0.2) is 69.9 Å². The number of amides is 2. The zero-order chi connectivity index (χ0) is 25.5. The van der Waals surface area contributed by atoms with Gasteiger partial charge in [0.05, 0.1) is 24.9 Å². The highest BCUT2D eigenvalue weighted by Crippen LogP contribution is 2.29. The molecular formula is C24H27FN6O4S. The molecule has 0 saturated carbocycles. The van der Waals surface area contributed by atoms with Crippen LogP contribution in [0.3, 0.4) is 0 Å². The number of cyclic esters (lactones) is 1. The molecule has 2 atom stereocenters. The number of nitrogens with zero attached hydrogens (tertiary/aromatic N) is 3. The molecule has 10 nitrogen and oxygen atoms in total. The molecule has 12 heteroatoms. The fraction of sp³-hybridized carbons (Fsp3) is 0.333. The lowest BCUT2D eigenvalue weighted by Crippen LogP contribution is -2.33. The second-order valence-corrected chi connectivity index (χ2v) is 9.31. The van der Waals surface area contributed by atoms with Gasteiger partial charge in [0.2, 0.25) is 5.91 Å². The van der Waals surface area contributed by atoms with Crippen molar-refractivity contribution in [2.24, 2.45) is 0 Å². The Balaban J connectivity index is 1.29. The number of carbonyl (C=O) groups is 2. The predicted molar refractivity (Wildman–Crippen MR) is 133 cm³/mol. The Morgan fingerprint density at radius 3 is 2.83 bits per heavy atom. The zero-order valence-electron chi connectivity index (χ0n) is 19.6. The van der Waals surface area contributed by atoms with Crippen molar-refractivity contribution in [3.05, 3.63) is 60.2 Å². The predicted octanol–water partition coefficient (Wildman–Crippen LogP) is 2.31. The van der Waals surface area contributed by atoms with Crippen molar-refractivity contribution in [2.45, 2.75) is 30.8 Å². The van der Waals surface area contributed by atoms with Crippen LogP contribution < -0.4 is 15.5 Å². The molecular weight excluding hydrogens is 487 g/mol. The zero-order valence-corrected chi connectivity index (χ0v) is 20.4. The third kappa shape index (κ3) is 6.80. The smallest absolute Gasteiger partial charge is 0.414 e. The van der Waals surface area contributed by atoms with Crippen molar-refractivity contribution in [1.82, 2.24) is 25.8 Å². The first-order valence-corrected chi connectivity index (χ1v) is 12.4. The Morgan fingerprint density at radius 2 is 2.14 bits per heavy atom. The molecule has 190 valence electrons. The van der Waals surface area contributed by atoms with Gasteiger partial charge in [-0.15, -0.1) is 0 Å². The van der Waals surface area contributed by atoms with Crippen LogP contribution in [-0.2, 0) is 16.1 Å². The van der Waals surface area contributed by atoms with Gasteiger partial charge in [-0.2, -0.15) is 5.10 Å². The Morgan fingerprint density at radius 1 is 1.33 bits per heavy atom. The normalized spacial score (nSPS) is 16.1. The van der Waals surface area contributed by atoms with E-state index in [0.717, 1.165) is 5.56 Å². The summed E-state index contributed by atoms with van der Waals surface area (Å²) in [4.78, 5) is 28.6. The van der Waals surface area contributed by atoms with E-state index in [1.807, 2.05) is 24.3 Å². The summed E-state index contributed by atoms with van der Waals surface area (Å²) >= 11 is 1.40. The SMILES string of the molecule is CC(=O)NC[C@H]1CN(c2ccc(-c3ccc(CNC[C@H](O)CSc4ncn[nH]4)cc3)c(F)c2)C(=O)O1. The topological polar surface area (TPSA) is 132 Å². The first-order valence-electron chi connectivity index (χ1n) is 11.4. The molecule has 1 aliphatic heterocycles. The fourth-order valence-electron chi connectivity index (χ4n) is 3.69. The number of aliphatic hydroxyl groups is 1. The number of hydrogen-bond acceptors (Lipinski definition) is 8. The summed E-state index contributed by atoms with van der Waals surface area (Å²) < 4.78 is 20.2. The molecule has 0 unspecified atom stereocenters. The lowest BCUT2D eigenvalue weighted by molar-refractivity contribution is -0.119. The van der Waals surface area contributed by atoms with Gasteiger partial charge >= 0.3 is 6.09 Å². The van der Waals surface area contributed by atoms with Crippen LogP contribution in [0, 0.1) is 5.82 Å². The Labute approximate surface area is 211 Å². The maximum absolute atomic E-state index is 14.9. The molecule has 1 aromatic heterocycles. The minimum atomic E-state index is -0.573. The monoisotopic (exact) mass is 514 g/mol. The summed E-state index contributed by atoms with van der Waals surface area (Å²) in [5.74, 6) is -0.178. The van der Waals surface area contributed by atoms with E-state index in [1.54, 1.807) is 12.1 Å². The van der Waals surface area contributed by atoms with E-state index < -0.39 is 24.1 Å². The Hall–Kier alpha value is -3.48. The van der Waals surface area contributed by atoms with Crippen LogP contribution in [0.2, 0.25) is 0 Å². The van der Waals surface area contributed by atoms with Crippen LogP contribution in [0.25, 0.3) is 11.1 Å². The molecule has 0 aliphatic carbocycles. The van der Waals surface area contributed by atoms with E-state index in [2.05, 4.69) is 25.8 Å². The van der Waals surface area contributed by atoms with Crippen molar-refractivity contribution in [2.75, 3.05) is 30.3 Å². The van der Waals surface area contributed by atoms with Crippen LogP contribution in [0.5, 0.6) is 0 Å². The number of aromatic nitrogens is 3. The van der Waals surface area contributed by atoms with E-state index >= 15 is 0 Å². The van der Waals surface area contributed by atoms with E-state index in [0.29, 0.717) is 40.8 Å². The standard InChI is InChI=1S/C24H27FN6O4S/c1-15(32)27-11-20-12-31(24(34)35-20)18-6-7-21(22(25)8-18)17-4-2-16(3-5-17)9-26-10-19(33)13-36-23-28-14-29-30-23/h2-8,14,19-20,26,33H,9-13H2,1H3,(H,27,32)(H,28,29,30)/t19-,20-/m0/s1. The fourth-order valence-corrected chi connectivity index (χ4v) is 4.39. The van der Waals surface area contributed by atoms with Gasteiger partial charge in [-0.3, -0.25) is 14.8 Å². The Kier molecular flexibility index (Phi) is 8.52. The highest BCUT2D eigenvalue weighted by molar-refractivity contribution is 7.99. The number of aliphatic hydroxyl groups excluding tert-OH is 1. The van der Waals surface area contributed by atoms with Gasteiger partial charge in [0.15, 0.2) is 5.16 Å². The average molecular weight is 515 g/mol. The van der Waals surface area contributed by atoms with Crippen molar-refractivity contribution in [3.8, 4) is 11.1 Å². The third-order valence-electron chi connectivity index (χ3n) is 5.50. The summed E-state index contributed by atoms with van der Waals surface area (Å²) in [6.07, 6.45) is -0.178. The molecule has 4 rings (SSSR count). The van der Waals surface area contributed by atoms with Gasteiger partial charge in [0, 0.05) is 31.3 Å². The van der Waals surface area contributed by atoms with Crippen molar-refractivity contribution >= 4 is 29.4 Å². The van der Waals surface area contributed by atoms with Crippen molar-refractivity contribution in [3.63, 3.8) is 0 Å². The molecule has 0 bridgehead atoms. The van der Waals surface area contributed by atoms with Crippen LogP contribution in [0.4, 0.5) is 14.9 Å². The minimum Gasteiger partial charge on any atom is -0.442 e. The summed E-state index contributed by atoms with van der Waals surface area (Å²) in [6.45, 7) is 2.80. The number of carbonyl (C=O) groups excluding carboxylic acids is 2. The number of nitrogens with one attached hydrogen (secondary N) is 3. The molecule has 2 amide bonds. The number of anilines is 1. The number of thioether (sulfide) groups is 1. The number of hydrogen-bond donors (Lipinski definition) is 4. The number of rotatable bonds is 11. The highest BCUT2D eigenvalue weighted by Gasteiger charge is 2.32. The van der Waals surface area contributed by atoms with Gasteiger partial charge < -0.3 is 20.5 Å². The van der Waals surface area contributed by atoms with Crippen LogP contribution in [0.15, 0.2) is 53.9 Å². The van der Waals surface area contributed by atoms with Gasteiger partial charge in [-0.05, 0) is 29.3 Å². The molecule has 1 aliphatic rings. The number of aromatic amines is 1. The van der Waals surface area contributed by atoms with Gasteiger partial charge in [-0.25, -0.2) is 14.2 Å². The quantitative estimate of drug-likeness (QED) is 0.287. The van der Waals surface area contributed by atoms with Gasteiger partial charge in [0.1, 0.15) is 18.2 Å². The van der Waals surface area contributed by atoms with Crippen LogP contribution in [0.1, 0.15) is 12.5 Å². The van der Waals surface area contributed by atoms with Gasteiger partial charge in [-0.1, -0.05) is 36.0 Å². The molecule has 1 saturated heterocycles. The third-order valence-corrected chi connectivity index (χ3v) is 6.52. The molecule has 0 spiro atoms. The van der Waals surface area contributed by atoms with E-state index in [1.165, 1.54) is 36.0 Å². The van der Waals surface area contributed by atoms with E-state index in [-0.39, 0.29) is 19.0 Å². The Bertz CT molecular complexity index is 1180. The average Bonchev–Trinajstić information content (AvgIpc) is 3.51. The number of ether oxygens (including phenoxy) is 1. The molecule has 4 N–H and O–H groups in total. The molecule has 2 heterocycles. The van der Waals surface area contributed by atoms with E-state index in [4.69, 9.17) is 4.74 Å². The summed E-state index contributed by atoms with van der Waals surface area (Å²) in [5, 5.41) is 23.1. The largest absolute Gasteiger partial charge is 0.442 e. The summed E-state index contributed by atoms with van der Waals surface area (Å²) in [7, 11) is 0. The molecule has 2 aromatic carbocycles. The van der Waals surface area contributed by atoms with Crippen LogP contribution >= 0.6 is 11.8 Å². The first kappa shape index (κ1) is 25.6. The summed E-state index contributed by atoms with van der Waals surface area (Å²) in [5.41, 5.74) is 2.52. The lowest BCUT2D eigenvalue weighted by atomic mass is 10.0. The molecule has 1 fully saturated rings. The maximum atomic E-state index is 14.9. The number of benzene rings is 2. The maximum Gasteiger partial charge on any atom is 0.414 e. The minimum absolute atomic E-state index is 0.208. The molecule has 36 heavy (non-hydrogen) atoms. The number of halogens is 1. The molecule has 0 radical (unpaired) electrons. The number of H-pyrrole nitrogens is 1. The lowest BCUT2D eigenvalue weighted by Gasteiger charge is -2.15. The second kappa shape index (κ2) is 12.0. The summed E-state index contributed by atoms with van der Waals surface area (Å²) in [6, 6.07) is 12.1. The highest BCUT2D eigenvalue weighted by atomic mass is 32.2. The van der Waals surface area contributed by atoms with Crippen molar-refractivity contribution in [1.29, 1.82) is 0 Å². The van der Waals surface area contributed by atoms with Gasteiger partial charge in [0.25, 0.3) is 0 Å². The van der Waals surface area contributed by atoms with Crippen molar-refractivity contribution < 1.29 is 23.8 Å². The van der Waals surface area contributed by atoms with E-state index in [9.17, 15) is 19.1 Å².